The molecule has 1 fully saturated rings. The summed E-state index contributed by atoms with van der Waals surface area (Å²) in [7, 11) is 3.56. The molecule has 0 aliphatic carbocycles. The maximum absolute atomic E-state index is 5.40. The van der Waals surface area contributed by atoms with Crippen molar-refractivity contribution < 1.29 is 4.74 Å². The molecule has 1 aromatic rings. The van der Waals surface area contributed by atoms with Crippen LogP contribution in [0.4, 0.5) is 0 Å². The van der Waals surface area contributed by atoms with Gasteiger partial charge in [0.15, 0.2) is 5.96 Å². The number of piperidine rings is 1. The monoisotopic (exact) mass is 346 g/mol. The number of guanidine groups is 1. The smallest absolute Gasteiger partial charge is 0.190 e. The van der Waals surface area contributed by atoms with E-state index < -0.39 is 0 Å². The molecular weight excluding hydrogens is 312 g/mol. The number of aliphatic imine (C=N–C) groups is 1. The number of methoxy groups -OCH3 is 1. The van der Waals surface area contributed by atoms with Crippen molar-refractivity contribution in [2.45, 2.75) is 32.6 Å². The molecule has 0 spiro atoms. The summed E-state index contributed by atoms with van der Waals surface area (Å²) in [6.07, 6.45) is 4.74. The van der Waals surface area contributed by atoms with Crippen LogP contribution in [-0.4, -0.2) is 57.7 Å². The van der Waals surface area contributed by atoms with Gasteiger partial charge < -0.3 is 20.3 Å². The highest BCUT2D eigenvalue weighted by Crippen LogP contribution is 2.17. The third-order valence-corrected chi connectivity index (χ3v) is 4.91. The van der Waals surface area contributed by atoms with Gasteiger partial charge in [-0.2, -0.15) is 0 Å². The molecule has 1 aliphatic heterocycles. The zero-order chi connectivity index (χ0) is 17.9. The Morgan fingerprint density at radius 2 is 2.00 bits per heavy atom. The van der Waals surface area contributed by atoms with Gasteiger partial charge in [-0.25, -0.2) is 0 Å². The summed E-state index contributed by atoms with van der Waals surface area (Å²) in [5.41, 5.74) is 1.22. The van der Waals surface area contributed by atoms with Crippen LogP contribution in [0, 0.1) is 5.92 Å². The Morgan fingerprint density at radius 3 is 2.68 bits per heavy atom. The fourth-order valence-electron chi connectivity index (χ4n) is 3.42. The van der Waals surface area contributed by atoms with Gasteiger partial charge in [0.05, 0.1) is 7.11 Å². The Bertz CT molecular complexity index is 524. The molecule has 140 valence electrons. The highest BCUT2D eigenvalue weighted by molar-refractivity contribution is 5.79. The Morgan fingerprint density at radius 1 is 1.24 bits per heavy atom. The topological polar surface area (TPSA) is 48.9 Å². The van der Waals surface area contributed by atoms with Gasteiger partial charge in [-0.05, 0) is 62.9 Å². The van der Waals surface area contributed by atoms with Crippen LogP contribution in [-0.2, 0) is 6.42 Å². The molecule has 0 aromatic heterocycles. The van der Waals surface area contributed by atoms with Crippen molar-refractivity contribution in [1.29, 1.82) is 0 Å². The number of benzene rings is 1. The van der Waals surface area contributed by atoms with Crippen molar-refractivity contribution in [3.8, 4) is 5.75 Å². The van der Waals surface area contributed by atoms with Crippen LogP contribution in [0.1, 0.15) is 31.7 Å². The number of hydrogen-bond acceptors (Lipinski definition) is 3. The quantitative estimate of drug-likeness (QED) is 0.561. The molecule has 1 heterocycles. The lowest BCUT2D eigenvalue weighted by molar-refractivity contribution is 0.185. The average Bonchev–Trinajstić information content (AvgIpc) is 2.66. The lowest BCUT2D eigenvalue weighted by Crippen LogP contribution is -2.43. The number of nitrogens with zero attached hydrogens (tertiary/aromatic N) is 2. The third kappa shape index (κ3) is 6.58. The summed E-state index contributed by atoms with van der Waals surface area (Å²) in [6.45, 7) is 7.82. The molecule has 1 aromatic carbocycles. The highest BCUT2D eigenvalue weighted by atomic mass is 16.5. The van der Waals surface area contributed by atoms with E-state index in [0.717, 1.165) is 37.1 Å². The SMILES string of the molecule is CCCN1CCC(CNC(=NC)NCCc2ccccc2OC)CC1. The minimum Gasteiger partial charge on any atom is -0.496 e. The molecule has 5 heteroatoms. The molecule has 0 radical (unpaired) electrons. The summed E-state index contributed by atoms with van der Waals surface area (Å²) in [4.78, 5) is 6.92. The fourth-order valence-corrected chi connectivity index (χ4v) is 3.42. The predicted molar refractivity (Wildman–Crippen MR) is 106 cm³/mol. The van der Waals surface area contributed by atoms with Gasteiger partial charge in [0, 0.05) is 20.1 Å². The second-order valence-corrected chi connectivity index (χ2v) is 6.73. The molecule has 0 atom stereocenters. The van der Waals surface area contributed by atoms with Gasteiger partial charge >= 0.3 is 0 Å². The van der Waals surface area contributed by atoms with Crippen LogP contribution in [0.15, 0.2) is 29.3 Å². The van der Waals surface area contributed by atoms with Crippen LogP contribution in [0.5, 0.6) is 5.75 Å². The standard InChI is InChI=1S/C20H34N4O/c1-4-13-24-14-10-17(11-15-24)16-23-20(21-2)22-12-9-18-7-5-6-8-19(18)25-3/h5-8,17H,4,9-16H2,1-3H3,(H2,21,22,23). The van der Waals surface area contributed by atoms with E-state index in [1.165, 1.54) is 44.5 Å². The molecule has 0 amide bonds. The first-order valence-corrected chi connectivity index (χ1v) is 9.55. The molecule has 0 unspecified atom stereocenters. The summed E-state index contributed by atoms with van der Waals surface area (Å²) < 4.78 is 5.40. The third-order valence-electron chi connectivity index (χ3n) is 4.91. The first kappa shape index (κ1) is 19.6. The molecule has 2 rings (SSSR count). The van der Waals surface area contributed by atoms with E-state index in [1.54, 1.807) is 7.11 Å². The minimum atomic E-state index is 0.751. The maximum Gasteiger partial charge on any atom is 0.190 e. The molecule has 1 saturated heterocycles. The van der Waals surface area contributed by atoms with Crippen molar-refractivity contribution in [2.75, 3.05) is 46.9 Å². The Balaban J connectivity index is 1.67. The van der Waals surface area contributed by atoms with Crippen molar-refractivity contribution in [3.63, 3.8) is 0 Å². The van der Waals surface area contributed by atoms with Gasteiger partial charge in [0.2, 0.25) is 0 Å². The summed E-state index contributed by atoms with van der Waals surface area (Å²) in [5, 5.41) is 6.90. The molecular formula is C20H34N4O. The molecule has 1 aliphatic rings. The number of para-hydroxylation sites is 1. The molecule has 2 N–H and O–H groups in total. The summed E-state index contributed by atoms with van der Waals surface area (Å²) >= 11 is 0. The van der Waals surface area contributed by atoms with E-state index in [-0.39, 0.29) is 0 Å². The van der Waals surface area contributed by atoms with E-state index in [9.17, 15) is 0 Å². The predicted octanol–water partition coefficient (Wildman–Crippen LogP) is 2.52. The second kappa shape index (κ2) is 11.0. The summed E-state index contributed by atoms with van der Waals surface area (Å²) in [6, 6.07) is 8.17. The Hall–Kier alpha value is -1.75. The maximum atomic E-state index is 5.40. The van der Waals surface area contributed by atoms with Crippen LogP contribution >= 0.6 is 0 Å². The molecule has 5 nitrogen and oxygen atoms in total. The highest BCUT2D eigenvalue weighted by Gasteiger charge is 2.18. The van der Waals surface area contributed by atoms with Gasteiger partial charge in [0.1, 0.15) is 5.75 Å². The lowest BCUT2D eigenvalue weighted by atomic mass is 9.97. The first-order valence-electron chi connectivity index (χ1n) is 9.55. The summed E-state index contributed by atoms with van der Waals surface area (Å²) in [5.74, 6) is 2.60. The van der Waals surface area contributed by atoms with E-state index in [4.69, 9.17) is 4.74 Å². The van der Waals surface area contributed by atoms with E-state index in [2.05, 4.69) is 39.6 Å². The number of ether oxygens (including phenoxy) is 1. The van der Waals surface area contributed by atoms with E-state index in [1.807, 2.05) is 19.2 Å². The first-order chi connectivity index (χ1) is 12.3. The van der Waals surface area contributed by atoms with E-state index >= 15 is 0 Å². The molecule has 0 saturated carbocycles. The van der Waals surface area contributed by atoms with Gasteiger partial charge in [0.25, 0.3) is 0 Å². The van der Waals surface area contributed by atoms with Crippen LogP contribution in [0.3, 0.4) is 0 Å². The number of nitrogens with one attached hydrogen (secondary N) is 2. The number of rotatable bonds is 8. The lowest BCUT2D eigenvalue weighted by Gasteiger charge is -2.32. The van der Waals surface area contributed by atoms with Crippen LogP contribution in [0.25, 0.3) is 0 Å². The average molecular weight is 347 g/mol. The molecule has 0 bridgehead atoms. The number of likely N-dealkylation sites (tertiary alicyclic amines) is 1. The van der Waals surface area contributed by atoms with Gasteiger partial charge in [-0.3, -0.25) is 4.99 Å². The zero-order valence-corrected chi connectivity index (χ0v) is 16.1. The second-order valence-electron chi connectivity index (χ2n) is 6.73. The minimum absolute atomic E-state index is 0.751. The van der Waals surface area contributed by atoms with Crippen molar-refractivity contribution in [2.24, 2.45) is 10.9 Å². The Labute approximate surface area is 152 Å². The fraction of sp³-hybridized carbons (Fsp3) is 0.650. The van der Waals surface area contributed by atoms with Gasteiger partial charge in [-0.15, -0.1) is 0 Å². The number of hydrogen-bond donors (Lipinski definition) is 2. The zero-order valence-electron chi connectivity index (χ0n) is 16.1. The van der Waals surface area contributed by atoms with Crippen molar-refractivity contribution in [1.82, 2.24) is 15.5 Å². The van der Waals surface area contributed by atoms with Crippen molar-refractivity contribution in [3.05, 3.63) is 29.8 Å². The van der Waals surface area contributed by atoms with Crippen molar-refractivity contribution >= 4 is 5.96 Å². The molecule has 25 heavy (non-hydrogen) atoms. The van der Waals surface area contributed by atoms with E-state index in [0.29, 0.717) is 0 Å². The van der Waals surface area contributed by atoms with Crippen LogP contribution < -0.4 is 15.4 Å². The largest absolute Gasteiger partial charge is 0.496 e. The van der Waals surface area contributed by atoms with Crippen LogP contribution in [0.2, 0.25) is 0 Å². The van der Waals surface area contributed by atoms with Gasteiger partial charge in [-0.1, -0.05) is 25.1 Å². The normalized spacial score (nSPS) is 16.7. The Kier molecular flexibility index (Phi) is 8.60.